The van der Waals surface area contributed by atoms with Crippen LogP contribution in [0.25, 0.3) is 5.65 Å². The molecular weight excluding hydrogens is 244 g/mol. The number of aromatic nitrogens is 2. The topological polar surface area (TPSA) is 57.8 Å². The smallest absolute Gasteiger partial charge is 0.356 e. The van der Waals surface area contributed by atoms with Crippen molar-refractivity contribution in [3.8, 4) is 0 Å². The van der Waals surface area contributed by atoms with E-state index in [1.54, 1.807) is 18.3 Å². The molecule has 0 atom stereocenters. The van der Waals surface area contributed by atoms with Gasteiger partial charge in [-0.05, 0) is 12.1 Å². The summed E-state index contributed by atoms with van der Waals surface area (Å²) in [4.78, 5) is 16.2. The van der Waals surface area contributed by atoms with Crippen LogP contribution in [0, 0.1) is 0 Å². The number of anilines is 1. The summed E-state index contributed by atoms with van der Waals surface area (Å²) in [5, 5.41) is 8.80. The molecule has 18 heavy (non-hydrogen) atoms. The lowest BCUT2D eigenvalue weighted by Gasteiger charge is -2.40. The maximum absolute atomic E-state index is 12.8. The van der Waals surface area contributed by atoms with Gasteiger partial charge in [-0.3, -0.25) is 0 Å². The fraction of sp³-hybridized carbons (Fsp3) is 0.273. The first-order valence-electron chi connectivity index (χ1n) is 5.29. The van der Waals surface area contributed by atoms with E-state index >= 15 is 0 Å². The molecule has 0 spiro atoms. The van der Waals surface area contributed by atoms with Crippen molar-refractivity contribution in [2.24, 2.45) is 0 Å². The van der Waals surface area contributed by atoms with E-state index in [1.807, 2.05) is 0 Å². The molecule has 1 N–H and O–H groups in total. The summed E-state index contributed by atoms with van der Waals surface area (Å²) < 4.78 is 27.0. The first-order chi connectivity index (χ1) is 8.44. The Kier molecular flexibility index (Phi) is 2.07. The molecule has 0 unspecified atom stereocenters. The summed E-state index contributed by atoms with van der Waals surface area (Å²) >= 11 is 0. The minimum absolute atomic E-state index is 0.0684. The third-order valence-electron chi connectivity index (χ3n) is 2.86. The molecule has 1 fully saturated rings. The normalized spacial score (nSPS) is 17.8. The number of imidazole rings is 1. The van der Waals surface area contributed by atoms with E-state index in [-0.39, 0.29) is 18.8 Å². The van der Waals surface area contributed by atoms with Crippen LogP contribution in [0.2, 0.25) is 0 Å². The van der Waals surface area contributed by atoms with Crippen molar-refractivity contribution in [2.75, 3.05) is 18.0 Å². The number of rotatable bonds is 2. The van der Waals surface area contributed by atoms with Crippen LogP contribution in [-0.4, -0.2) is 39.5 Å². The molecule has 1 aliphatic heterocycles. The number of nitrogens with zero attached hydrogens (tertiary/aromatic N) is 3. The van der Waals surface area contributed by atoms with Gasteiger partial charge >= 0.3 is 5.97 Å². The number of pyridine rings is 1. The van der Waals surface area contributed by atoms with Crippen molar-refractivity contribution in [2.45, 2.75) is 5.92 Å². The summed E-state index contributed by atoms with van der Waals surface area (Å²) in [7, 11) is 0. The van der Waals surface area contributed by atoms with Crippen molar-refractivity contribution in [3.05, 3.63) is 30.2 Å². The number of fused-ring (bicyclic) bond motifs is 1. The Labute approximate surface area is 100 Å². The number of hydrogen-bond acceptors (Lipinski definition) is 3. The van der Waals surface area contributed by atoms with Gasteiger partial charge in [-0.2, -0.15) is 0 Å². The predicted molar refractivity (Wildman–Crippen MR) is 59.3 cm³/mol. The molecule has 0 bridgehead atoms. The average molecular weight is 253 g/mol. The van der Waals surface area contributed by atoms with Crippen molar-refractivity contribution in [3.63, 3.8) is 0 Å². The molecule has 94 valence electrons. The van der Waals surface area contributed by atoms with E-state index in [2.05, 4.69) is 4.98 Å². The van der Waals surface area contributed by atoms with Gasteiger partial charge in [-0.1, -0.05) is 0 Å². The first kappa shape index (κ1) is 10.9. The molecule has 5 nitrogen and oxygen atoms in total. The molecule has 0 aliphatic carbocycles. The van der Waals surface area contributed by atoms with Crippen LogP contribution < -0.4 is 4.90 Å². The zero-order valence-corrected chi connectivity index (χ0v) is 9.18. The van der Waals surface area contributed by atoms with Gasteiger partial charge in [0.25, 0.3) is 5.92 Å². The molecule has 0 aromatic carbocycles. The quantitative estimate of drug-likeness (QED) is 0.880. The van der Waals surface area contributed by atoms with Gasteiger partial charge in [-0.15, -0.1) is 0 Å². The summed E-state index contributed by atoms with van der Waals surface area (Å²) in [5.74, 6) is -3.74. The number of carbonyl (C=O) groups is 1. The van der Waals surface area contributed by atoms with Gasteiger partial charge in [0.05, 0.1) is 18.8 Å². The van der Waals surface area contributed by atoms with Crippen LogP contribution in [0.3, 0.4) is 0 Å². The van der Waals surface area contributed by atoms with Gasteiger partial charge in [0.1, 0.15) is 5.65 Å². The molecular formula is C11H9F2N3O2. The van der Waals surface area contributed by atoms with Crippen LogP contribution in [-0.2, 0) is 0 Å². The van der Waals surface area contributed by atoms with E-state index in [9.17, 15) is 13.6 Å². The van der Waals surface area contributed by atoms with Crippen LogP contribution in [0.1, 0.15) is 10.5 Å². The Morgan fingerprint density at radius 3 is 2.67 bits per heavy atom. The molecule has 0 amide bonds. The molecule has 2 aromatic heterocycles. The van der Waals surface area contributed by atoms with Crippen molar-refractivity contribution in [1.29, 1.82) is 0 Å². The van der Waals surface area contributed by atoms with Crippen LogP contribution in [0.4, 0.5) is 14.5 Å². The van der Waals surface area contributed by atoms with Gasteiger partial charge in [0, 0.05) is 12.4 Å². The zero-order valence-electron chi connectivity index (χ0n) is 9.18. The zero-order chi connectivity index (χ0) is 12.9. The number of halogens is 2. The molecule has 2 aromatic rings. The maximum Gasteiger partial charge on any atom is 0.356 e. The number of hydrogen-bond donors (Lipinski definition) is 1. The molecule has 7 heteroatoms. The second-order valence-corrected chi connectivity index (χ2v) is 4.30. The Hall–Kier alpha value is -2.18. The maximum atomic E-state index is 12.8. The largest absolute Gasteiger partial charge is 0.476 e. The standard InChI is InChI=1S/C11H9F2N3O2/c12-11(13)5-16(6-11)7-1-2-9-14-8(10(17)18)4-15(9)3-7/h1-4H,5-6H2,(H,17,18). The minimum Gasteiger partial charge on any atom is -0.476 e. The van der Waals surface area contributed by atoms with Crippen molar-refractivity contribution in [1.82, 2.24) is 9.38 Å². The monoisotopic (exact) mass is 253 g/mol. The van der Waals surface area contributed by atoms with Crippen LogP contribution >= 0.6 is 0 Å². The molecule has 3 rings (SSSR count). The molecule has 0 saturated carbocycles. The Morgan fingerprint density at radius 1 is 1.33 bits per heavy atom. The van der Waals surface area contributed by atoms with Crippen LogP contribution in [0.5, 0.6) is 0 Å². The van der Waals surface area contributed by atoms with Gasteiger partial charge in [0.15, 0.2) is 5.69 Å². The van der Waals surface area contributed by atoms with E-state index in [0.717, 1.165) is 0 Å². The Balaban J connectivity index is 1.94. The lowest BCUT2D eigenvalue weighted by Crippen LogP contribution is -2.56. The second-order valence-electron chi connectivity index (χ2n) is 4.30. The highest BCUT2D eigenvalue weighted by atomic mass is 19.3. The van der Waals surface area contributed by atoms with Crippen molar-refractivity contribution < 1.29 is 18.7 Å². The van der Waals surface area contributed by atoms with E-state index in [0.29, 0.717) is 11.3 Å². The van der Waals surface area contributed by atoms with Gasteiger partial charge < -0.3 is 14.4 Å². The van der Waals surface area contributed by atoms with E-state index in [4.69, 9.17) is 5.11 Å². The number of carboxylic acids is 1. The highest BCUT2D eigenvalue weighted by molar-refractivity contribution is 5.86. The molecule has 0 radical (unpaired) electrons. The highest BCUT2D eigenvalue weighted by Gasteiger charge is 2.43. The Bertz CT molecular complexity index is 630. The summed E-state index contributed by atoms with van der Waals surface area (Å²) in [6.07, 6.45) is 2.96. The molecule has 3 heterocycles. The third-order valence-corrected chi connectivity index (χ3v) is 2.86. The summed E-state index contributed by atoms with van der Waals surface area (Å²) in [6.45, 7) is -0.613. The summed E-state index contributed by atoms with van der Waals surface area (Å²) in [6, 6.07) is 3.27. The second kappa shape index (κ2) is 3.41. The number of aromatic carboxylic acids is 1. The van der Waals surface area contributed by atoms with Crippen molar-refractivity contribution >= 4 is 17.3 Å². The molecule has 1 aliphatic rings. The minimum atomic E-state index is -2.63. The summed E-state index contributed by atoms with van der Waals surface area (Å²) in [5.41, 5.74) is 1.03. The lowest BCUT2D eigenvalue weighted by molar-refractivity contribution is -0.0262. The highest BCUT2D eigenvalue weighted by Crippen LogP contribution is 2.31. The number of alkyl halides is 2. The third kappa shape index (κ3) is 1.68. The van der Waals surface area contributed by atoms with Crippen LogP contribution in [0.15, 0.2) is 24.5 Å². The first-order valence-corrected chi connectivity index (χ1v) is 5.29. The lowest BCUT2D eigenvalue weighted by atomic mass is 10.1. The molecule has 1 saturated heterocycles. The van der Waals surface area contributed by atoms with E-state index < -0.39 is 11.9 Å². The SMILES string of the molecule is O=C(O)c1cn2cc(N3CC(F)(F)C3)ccc2n1. The van der Waals surface area contributed by atoms with Gasteiger partial charge in [0.2, 0.25) is 0 Å². The van der Waals surface area contributed by atoms with Gasteiger partial charge in [-0.25, -0.2) is 18.6 Å². The van der Waals surface area contributed by atoms with E-state index in [1.165, 1.54) is 15.5 Å². The Morgan fingerprint density at radius 2 is 2.06 bits per heavy atom. The fourth-order valence-electron chi connectivity index (χ4n) is 1.96. The fourth-order valence-corrected chi connectivity index (χ4v) is 1.96. The average Bonchev–Trinajstić information content (AvgIpc) is 2.68. The predicted octanol–water partition coefficient (Wildman–Crippen LogP) is 1.49. The number of carboxylic acid groups (broad SMARTS) is 1.